The molecule has 2 aromatic rings. The fraction of sp³-hybridized carbons (Fsp3) is 0.133. The van der Waals surface area contributed by atoms with E-state index in [0.29, 0.717) is 11.5 Å². The van der Waals surface area contributed by atoms with E-state index < -0.39 is 33.3 Å². The van der Waals surface area contributed by atoms with E-state index in [9.17, 15) is 17.6 Å². The van der Waals surface area contributed by atoms with Crippen molar-refractivity contribution in [3.8, 4) is 11.5 Å². The van der Waals surface area contributed by atoms with Crippen molar-refractivity contribution in [1.82, 2.24) is 10.3 Å². The maximum atomic E-state index is 13.5. The van der Waals surface area contributed by atoms with Crippen LogP contribution in [0.3, 0.4) is 0 Å². The molecule has 0 aromatic heterocycles. The number of ether oxygens (including phenoxy) is 2. The lowest BCUT2D eigenvalue weighted by atomic mass is 10.3. The number of para-hydroxylation sites is 2. The normalized spacial score (nSPS) is 10.9. The summed E-state index contributed by atoms with van der Waals surface area (Å²) < 4.78 is 47.6. The minimum absolute atomic E-state index is 0.326. The van der Waals surface area contributed by atoms with Gasteiger partial charge in [0.25, 0.3) is 15.9 Å². The fourth-order valence-corrected chi connectivity index (χ4v) is 2.70. The highest BCUT2D eigenvalue weighted by molar-refractivity contribution is 7.89. The van der Waals surface area contributed by atoms with Gasteiger partial charge in [-0.1, -0.05) is 24.3 Å². The Morgan fingerprint density at radius 1 is 1.08 bits per heavy atom. The summed E-state index contributed by atoms with van der Waals surface area (Å²) in [6.07, 6.45) is 0. The Labute approximate surface area is 138 Å². The molecule has 0 saturated carbocycles. The predicted molar refractivity (Wildman–Crippen MR) is 83.4 cm³/mol. The minimum atomic E-state index is -4.22. The minimum Gasteiger partial charge on any atom is -0.493 e. The first-order valence-electron chi connectivity index (χ1n) is 6.75. The summed E-state index contributed by atoms with van der Waals surface area (Å²) in [6.45, 7) is -0.458. The molecule has 7 nitrogen and oxygen atoms in total. The first-order valence-corrected chi connectivity index (χ1v) is 8.23. The summed E-state index contributed by atoms with van der Waals surface area (Å²) >= 11 is 0. The largest absolute Gasteiger partial charge is 0.493 e. The molecule has 0 aliphatic rings. The standard InChI is InChI=1S/C15H15FN2O5S/c1-22-12-7-3-4-8-13(12)23-10-15(19)17-18-24(20,21)14-9-5-2-6-11(14)16/h2-9,18H,10H2,1H3,(H,17,19). The highest BCUT2D eigenvalue weighted by Crippen LogP contribution is 2.25. The van der Waals surface area contributed by atoms with Gasteiger partial charge in [-0.2, -0.15) is 0 Å². The summed E-state index contributed by atoms with van der Waals surface area (Å²) in [5, 5.41) is 0. The number of benzene rings is 2. The molecule has 0 radical (unpaired) electrons. The van der Waals surface area contributed by atoms with E-state index in [-0.39, 0.29) is 0 Å². The number of methoxy groups -OCH3 is 1. The zero-order valence-corrected chi connectivity index (χ0v) is 13.5. The van der Waals surface area contributed by atoms with E-state index >= 15 is 0 Å². The highest BCUT2D eigenvalue weighted by atomic mass is 32.2. The van der Waals surface area contributed by atoms with Gasteiger partial charge in [0.1, 0.15) is 10.7 Å². The lowest BCUT2D eigenvalue weighted by Gasteiger charge is -2.11. The molecule has 128 valence electrons. The number of hydrogen-bond acceptors (Lipinski definition) is 5. The zero-order valence-electron chi connectivity index (χ0n) is 12.7. The summed E-state index contributed by atoms with van der Waals surface area (Å²) in [5.74, 6) is -0.935. The van der Waals surface area contributed by atoms with Gasteiger partial charge in [0.05, 0.1) is 7.11 Å². The van der Waals surface area contributed by atoms with E-state index in [4.69, 9.17) is 9.47 Å². The van der Waals surface area contributed by atoms with E-state index in [1.165, 1.54) is 19.2 Å². The van der Waals surface area contributed by atoms with Crippen LogP contribution >= 0.6 is 0 Å². The van der Waals surface area contributed by atoms with Crippen LogP contribution in [0.15, 0.2) is 53.4 Å². The van der Waals surface area contributed by atoms with Gasteiger partial charge >= 0.3 is 0 Å². The van der Waals surface area contributed by atoms with Crippen LogP contribution in [0.25, 0.3) is 0 Å². The molecule has 24 heavy (non-hydrogen) atoms. The molecule has 2 rings (SSSR count). The highest BCUT2D eigenvalue weighted by Gasteiger charge is 2.19. The number of rotatable bonds is 7. The molecule has 0 bridgehead atoms. The lowest BCUT2D eigenvalue weighted by Crippen LogP contribution is -2.43. The Morgan fingerprint density at radius 2 is 1.71 bits per heavy atom. The SMILES string of the molecule is COc1ccccc1OCC(=O)NNS(=O)(=O)c1ccccc1F. The number of carbonyl (C=O) groups excluding carboxylic acids is 1. The van der Waals surface area contributed by atoms with E-state index in [1.54, 1.807) is 29.1 Å². The maximum Gasteiger partial charge on any atom is 0.272 e. The first kappa shape index (κ1) is 17.7. The number of carbonyl (C=O) groups is 1. The van der Waals surface area contributed by atoms with Crippen LogP contribution in [-0.2, 0) is 14.8 Å². The zero-order chi connectivity index (χ0) is 17.6. The quantitative estimate of drug-likeness (QED) is 0.729. The topological polar surface area (TPSA) is 93.7 Å². The van der Waals surface area contributed by atoms with Crippen LogP contribution in [-0.4, -0.2) is 28.0 Å². The van der Waals surface area contributed by atoms with Gasteiger partial charge in [-0.3, -0.25) is 10.2 Å². The molecule has 0 unspecified atom stereocenters. The smallest absolute Gasteiger partial charge is 0.272 e. The summed E-state index contributed by atoms with van der Waals surface area (Å²) in [7, 11) is -2.77. The molecule has 0 aliphatic carbocycles. The number of amides is 1. The Morgan fingerprint density at radius 3 is 2.38 bits per heavy atom. The number of hydrogen-bond donors (Lipinski definition) is 2. The second-order valence-corrected chi connectivity index (χ2v) is 6.17. The van der Waals surface area contributed by atoms with Crippen LogP contribution in [0.1, 0.15) is 0 Å². The molecular weight excluding hydrogens is 339 g/mol. The van der Waals surface area contributed by atoms with E-state index in [0.717, 1.165) is 12.1 Å². The van der Waals surface area contributed by atoms with Gasteiger partial charge in [-0.05, 0) is 24.3 Å². The second kappa shape index (κ2) is 7.75. The monoisotopic (exact) mass is 354 g/mol. The Hall–Kier alpha value is -2.65. The van der Waals surface area contributed by atoms with Crippen molar-refractivity contribution in [3.05, 3.63) is 54.3 Å². The van der Waals surface area contributed by atoms with Crippen molar-refractivity contribution in [2.24, 2.45) is 0 Å². The third-order valence-electron chi connectivity index (χ3n) is 2.88. The molecule has 0 heterocycles. The Balaban J connectivity index is 1.93. The van der Waals surface area contributed by atoms with Crippen LogP contribution in [0, 0.1) is 5.82 Å². The number of nitrogens with one attached hydrogen (secondary N) is 2. The molecule has 2 N–H and O–H groups in total. The van der Waals surface area contributed by atoms with Crippen molar-refractivity contribution >= 4 is 15.9 Å². The van der Waals surface area contributed by atoms with Gasteiger partial charge in [0.2, 0.25) is 0 Å². The average Bonchev–Trinajstić information content (AvgIpc) is 2.58. The van der Waals surface area contributed by atoms with Crippen LogP contribution in [0.5, 0.6) is 11.5 Å². The van der Waals surface area contributed by atoms with Crippen LogP contribution < -0.4 is 19.7 Å². The van der Waals surface area contributed by atoms with Crippen molar-refractivity contribution in [1.29, 1.82) is 0 Å². The molecule has 0 fully saturated rings. The summed E-state index contributed by atoms with van der Waals surface area (Å²) in [5.41, 5.74) is 1.95. The third kappa shape index (κ3) is 4.43. The molecule has 0 spiro atoms. The second-order valence-electron chi connectivity index (χ2n) is 4.52. The summed E-state index contributed by atoms with van der Waals surface area (Å²) in [4.78, 5) is 12.9. The molecule has 1 amide bonds. The Bertz CT molecular complexity index is 826. The van der Waals surface area contributed by atoms with Gasteiger partial charge in [-0.25, -0.2) is 12.8 Å². The predicted octanol–water partition coefficient (Wildman–Crippen LogP) is 1.22. The van der Waals surface area contributed by atoms with Crippen molar-refractivity contribution < 1.29 is 27.1 Å². The average molecular weight is 354 g/mol. The Kier molecular flexibility index (Phi) is 5.72. The maximum absolute atomic E-state index is 13.5. The van der Waals surface area contributed by atoms with Crippen molar-refractivity contribution in [3.63, 3.8) is 0 Å². The third-order valence-corrected chi connectivity index (χ3v) is 4.16. The van der Waals surface area contributed by atoms with Gasteiger partial charge < -0.3 is 9.47 Å². The lowest BCUT2D eigenvalue weighted by molar-refractivity contribution is -0.123. The van der Waals surface area contributed by atoms with Gasteiger partial charge in [0.15, 0.2) is 18.1 Å². The number of hydrazine groups is 1. The van der Waals surface area contributed by atoms with Crippen molar-refractivity contribution in [2.45, 2.75) is 4.90 Å². The van der Waals surface area contributed by atoms with E-state index in [2.05, 4.69) is 0 Å². The van der Waals surface area contributed by atoms with Crippen LogP contribution in [0.2, 0.25) is 0 Å². The summed E-state index contributed by atoms with van der Waals surface area (Å²) in [6, 6.07) is 11.5. The van der Waals surface area contributed by atoms with Gasteiger partial charge in [-0.15, -0.1) is 4.83 Å². The molecule has 2 aromatic carbocycles. The molecule has 0 atom stereocenters. The molecule has 0 aliphatic heterocycles. The molecular formula is C15H15FN2O5S. The van der Waals surface area contributed by atoms with E-state index in [1.807, 2.05) is 5.43 Å². The first-order chi connectivity index (χ1) is 11.4. The number of sulfonamides is 1. The fourth-order valence-electron chi connectivity index (χ4n) is 1.76. The van der Waals surface area contributed by atoms with Gasteiger partial charge in [0, 0.05) is 0 Å². The van der Waals surface area contributed by atoms with Crippen LogP contribution in [0.4, 0.5) is 4.39 Å². The number of halogens is 1. The van der Waals surface area contributed by atoms with Crippen molar-refractivity contribution in [2.75, 3.05) is 13.7 Å². The molecule has 0 saturated heterocycles. The molecule has 9 heteroatoms.